The number of thioether (sulfide) groups is 1. The third-order valence-corrected chi connectivity index (χ3v) is 6.03. The van der Waals surface area contributed by atoms with Crippen LogP contribution in [0.25, 0.3) is 11.4 Å². The van der Waals surface area contributed by atoms with E-state index in [0.29, 0.717) is 35.1 Å². The Hall–Kier alpha value is -2.19. The fourth-order valence-corrected chi connectivity index (χ4v) is 4.77. The number of nitrogens with one attached hydrogen (secondary N) is 1. The average Bonchev–Trinajstić information content (AvgIpc) is 2.85. The van der Waals surface area contributed by atoms with Crippen molar-refractivity contribution in [3.05, 3.63) is 64.3 Å². The van der Waals surface area contributed by atoms with E-state index in [1.165, 1.54) is 23.9 Å². The summed E-state index contributed by atoms with van der Waals surface area (Å²) in [5.74, 6) is 1.36. The normalized spacial score (nSPS) is 17.0. The SMILES string of the molecule is Cn1nc(-c2ccccn2)c2c1NCCSC2c1ccc(Cl)cc1C(F)(F)F. The Morgan fingerprint density at radius 2 is 2.07 bits per heavy atom. The molecular formula is C19H16ClF3N4S. The Morgan fingerprint density at radius 1 is 1.25 bits per heavy atom. The third-order valence-electron chi connectivity index (χ3n) is 4.54. The molecule has 0 spiro atoms. The maximum atomic E-state index is 13.8. The van der Waals surface area contributed by atoms with Gasteiger partial charge in [0, 0.05) is 36.1 Å². The van der Waals surface area contributed by atoms with Gasteiger partial charge in [-0.2, -0.15) is 18.3 Å². The van der Waals surface area contributed by atoms with E-state index < -0.39 is 17.0 Å². The first-order chi connectivity index (χ1) is 13.4. The molecule has 1 unspecified atom stereocenters. The summed E-state index contributed by atoms with van der Waals surface area (Å²) in [6, 6.07) is 9.39. The van der Waals surface area contributed by atoms with Crippen molar-refractivity contribution in [1.29, 1.82) is 0 Å². The van der Waals surface area contributed by atoms with Crippen molar-refractivity contribution < 1.29 is 13.2 Å². The number of aromatic nitrogens is 3. The Balaban J connectivity index is 1.96. The van der Waals surface area contributed by atoms with Gasteiger partial charge in [-0.25, -0.2) is 0 Å². The second-order valence-corrected chi connectivity index (χ2v) is 8.01. The highest BCUT2D eigenvalue weighted by Crippen LogP contribution is 2.49. The van der Waals surface area contributed by atoms with E-state index in [1.807, 2.05) is 12.1 Å². The molecule has 0 amide bonds. The second kappa shape index (κ2) is 7.33. The molecule has 0 bridgehead atoms. The number of hydrogen-bond donors (Lipinski definition) is 1. The first-order valence-corrected chi connectivity index (χ1v) is 9.99. The van der Waals surface area contributed by atoms with Crippen LogP contribution in [0.3, 0.4) is 0 Å². The zero-order valence-electron chi connectivity index (χ0n) is 14.8. The van der Waals surface area contributed by atoms with Gasteiger partial charge in [0.15, 0.2) is 0 Å². The molecule has 4 nitrogen and oxygen atoms in total. The van der Waals surface area contributed by atoms with Gasteiger partial charge in [0.1, 0.15) is 11.5 Å². The lowest BCUT2D eigenvalue weighted by Crippen LogP contribution is -2.12. The summed E-state index contributed by atoms with van der Waals surface area (Å²) >= 11 is 7.33. The molecule has 1 aromatic carbocycles. The van der Waals surface area contributed by atoms with E-state index in [2.05, 4.69) is 15.4 Å². The molecule has 0 fully saturated rings. The summed E-state index contributed by atoms with van der Waals surface area (Å²) in [6.45, 7) is 0.629. The molecule has 4 rings (SSSR count). The smallest absolute Gasteiger partial charge is 0.369 e. The third kappa shape index (κ3) is 3.46. The van der Waals surface area contributed by atoms with Gasteiger partial charge in [0.25, 0.3) is 0 Å². The Kier molecular flexibility index (Phi) is 5.01. The van der Waals surface area contributed by atoms with Crippen molar-refractivity contribution >= 4 is 29.2 Å². The van der Waals surface area contributed by atoms with Crippen LogP contribution in [-0.4, -0.2) is 27.1 Å². The lowest BCUT2D eigenvalue weighted by molar-refractivity contribution is -0.138. The predicted octanol–water partition coefficient (Wildman–Crippen LogP) is 5.40. The minimum absolute atomic E-state index is 0.0594. The van der Waals surface area contributed by atoms with Gasteiger partial charge < -0.3 is 5.32 Å². The number of alkyl halides is 3. The van der Waals surface area contributed by atoms with Crippen molar-refractivity contribution in [3.8, 4) is 11.4 Å². The average molecular weight is 425 g/mol. The minimum atomic E-state index is -4.51. The van der Waals surface area contributed by atoms with E-state index in [9.17, 15) is 13.2 Å². The highest BCUT2D eigenvalue weighted by Gasteiger charge is 2.38. The molecule has 1 aliphatic heterocycles. The fraction of sp³-hybridized carbons (Fsp3) is 0.263. The summed E-state index contributed by atoms with van der Waals surface area (Å²) in [6.07, 6.45) is -2.86. The molecule has 28 heavy (non-hydrogen) atoms. The summed E-state index contributed by atoms with van der Waals surface area (Å²) in [5, 5.41) is 7.37. The van der Waals surface area contributed by atoms with Crippen LogP contribution < -0.4 is 5.32 Å². The van der Waals surface area contributed by atoms with Gasteiger partial charge in [-0.15, -0.1) is 11.8 Å². The zero-order chi connectivity index (χ0) is 19.9. The molecule has 0 saturated carbocycles. The summed E-state index contributed by atoms with van der Waals surface area (Å²) in [4.78, 5) is 4.36. The summed E-state index contributed by atoms with van der Waals surface area (Å²) < 4.78 is 43.0. The lowest BCUT2D eigenvalue weighted by atomic mass is 9.97. The zero-order valence-corrected chi connectivity index (χ0v) is 16.4. The maximum absolute atomic E-state index is 13.8. The van der Waals surface area contributed by atoms with Gasteiger partial charge in [0.05, 0.1) is 16.5 Å². The number of halogens is 4. The van der Waals surface area contributed by atoms with Gasteiger partial charge in [-0.05, 0) is 29.8 Å². The lowest BCUT2D eigenvalue weighted by Gasteiger charge is -2.21. The van der Waals surface area contributed by atoms with Crippen LogP contribution in [0.4, 0.5) is 19.0 Å². The van der Waals surface area contributed by atoms with Crippen LogP contribution in [0.2, 0.25) is 5.02 Å². The Morgan fingerprint density at radius 3 is 2.79 bits per heavy atom. The summed E-state index contributed by atoms with van der Waals surface area (Å²) in [7, 11) is 1.78. The molecule has 0 radical (unpaired) electrons. The fourth-order valence-electron chi connectivity index (χ4n) is 3.37. The highest BCUT2D eigenvalue weighted by atomic mass is 35.5. The van der Waals surface area contributed by atoms with Crippen molar-refractivity contribution in [1.82, 2.24) is 14.8 Å². The number of hydrogen-bond acceptors (Lipinski definition) is 4. The van der Waals surface area contributed by atoms with Crippen LogP contribution in [0.5, 0.6) is 0 Å². The highest BCUT2D eigenvalue weighted by molar-refractivity contribution is 7.99. The van der Waals surface area contributed by atoms with E-state index in [-0.39, 0.29) is 10.6 Å². The van der Waals surface area contributed by atoms with E-state index in [0.717, 1.165) is 6.07 Å². The molecule has 0 aliphatic carbocycles. The Labute approximate surface area is 169 Å². The second-order valence-electron chi connectivity index (χ2n) is 6.36. The number of anilines is 1. The van der Waals surface area contributed by atoms with Crippen molar-refractivity contribution in [2.24, 2.45) is 7.05 Å². The first kappa shape index (κ1) is 19.1. The monoisotopic (exact) mass is 424 g/mol. The molecule has 1 aliphatic rings. The molecular weight excluding hydrogens is 409 g/mol. The van der Waals surface area contributed by atoms with Crippen LogP contribution in [0.15, 0.2) is 42.6 Å². The molecule has 146 valence electrons. The number of fused-ring (bicyclic) bond motifs is 1. The minimum Gasteiger partial charge on any atom is -0.369 e. The van der Waals surface area contributed by atoms with Crippen LogP contribution in [-0.2, 0) is 13.2 Å². The predicted molar refractivity (Wildman–Crippen MR) is 106 cm³/mol. The van der Waals surface area contributed by atoms with E-state index >= 15 is 0 Å². The van der Waals surface area contributed by atoms with Gasteiger partial charge in [0.2, 0.25) is 0 Å². The number of aryl methyl sites for hydroxylation is 1. The van der Waals surface area contributed by atoms with E-state index in [4.69, 9.17) is 11.6 Å². The van der Waals surface area contributed by atoms with Crippen LogP contribution >= 0.6 is 23.4 Å². The van der Waals surface area contributed by atoms with Crippen LogP contribution in [0, 0.1) is 0 Å². The van der Waals surface area contributed by atoms with Crippen molar-refractivity contribution in [2.45, 2.75) is 11.4 Å². The van der Waals surface area contributed by atoms with Gasteiger partial charge >= 0.3 is 6.18 Å². The molecule has 0 saturated heterocycles. The quantitative estimate of drug-likeness (QED) is 0.598. The molecule has 2 aromatic heterocycles. The maximum Gasteiger partial charge on any atom is 0.416 e. The van der Waals surface area contributed by atoms with Gasteiger partial charge in [-0.1, -0.05) is 23.7 Å². The Bertz CT molecular complexity index is 1000. The molecule has 3 heterocycles. The largest absolute Gasteiger partial charge is 0.416 e. The van der Waals surface area contributed by atoms with Crippen molar-refractivity contribution in [2.75, 3.05) is 17.6 Å². The first-order valence-electron chi connectivity index (χ1n) is 8.56. The molecule has 1 atom stereocenters. The van der Waals surface area contributed by atoms with E-state index in [1.54, 1.807) is 24.0 Å². The number of rotatable bonds is 2. The number of benzene rings is 1. The van der Waals surface area contributed by atoms with Gasteiger partial charge in [-0.3, -0.25) is 9.67 Å². The standard InChI is InChI=1S/C19H16ClF3N4S/c1-27-18-15(16(26-27)14-4-2-3-7-24-14)17(28-9-8-25-18)12-6-5-11(20)10-13(12)19(21,22)23/h2-7,10,17,25H,8-9H2,1H3. The number of pyridine rings is 1. The van der Waals surface area contributed by atoms with Crippen molar-refractivity contribution in [3.63, 3.8) is 0 Å². The molecule has 3 aromatic rings. The molecule has 1 N–H and O–H groups in total. The number of nitrogens with zero attached hydrogens (tertiary/aromatic N) is 3. The summed E-state index contributed by atoms with van der Waals surface area (Å²) in [5.41, 5.74) is 1.36. The molecule has 9 heteroatoms. The van der Waals surface area contributed by atoms with Crippen LogP contribution in [0.1, 0.15) is 21.9 Å². The topological polar surface area (TPSA) is 42.7 Å².